The Morgan fingerprint density at radius 3 is 2.40 bits per heavy atom. The van der Waals surface area contributed by atoms with Gasteiger partial charge >= 0.3 is 0 Å². The van der Waals surface area contributed by atoms with Crippen molar-refractivity contribution in [1.82, 2.24) is 10.3 Å². The maximum absolute atomic E-state index is 14.5. The fourth-order valence-corrected chi connectivity index (χ4v) is 4.18. The lowest BCUT2D eigenvalue weighted by Gasteiger charge is -2.33. The fraction of sp³-hybridized carbons (Fsp3) is 0.259. The standard InChI is InChI=1S/C27H29FN4O2S/c1-17(2)34-23-13-11-19(14-21(23)28)22-12-10-20(15-31-22)24(18-8-6-5-7-9-18)27(3,4)25(33)32-26(30)35-16-29/h5-17,24,29H,1-4H3,(H2,30,32,33). The van der Waals surface area contributed by atoms with E-state index in [1.165, 1.54) is 6.07 Å². The van der Waals surface area contributed by atoms with Crippen LogP contribution in [0.2, 0.25) is 0 Å². The SMILES string of the molecule is CC(C)Oc1ccc(-c2ccc(C(c3ccccc3)C(C)(C)C(=O)NC(=N)SC=N)cn2)cc1F. The first-order chi connectivity index (χ1) is 16.6. The summed E-state index contributed by atoms with van der Waals surface area (Å²) in [5.41, 5.74) is 3.01. The van der Waals surface area contributed by atoms with Gasteiger partial charge in [0, 0.05) is 17.7 Å². The van der Waals surface area contributed by atoms with Gasteiger partial charge in [-0.05, 0) is 61.0 Å². The lowest BCUT2D eigenvalue weighted by molar-refractivity contribution is -0.128. The molecule has 0 fully saturated rings. The van der Waals surface area contributed by atoms with E-state index in [2.05, 4.69) is 10.3 Å². The monoisotopic (exact) mass is 492 g/mol. The molecule has 1 heterocycles. The molecular formula is C27H29FN4O2S. The number of hydrogen-bond donors (Lipinski definition) is 3. The van der Waals surface area contributed by atoms with Crippen molar-refractivity contribution in [1.29, 1.82) is 10.8 Å². The summed E-state index contributed by atoms with van der Waals surface area (Å²) < 4.78 is 20.0. The second kappa shape index (κ2) is 11.3. The molecule has 0 bridgehead atoms. The van der Waals surface area contributed by atoms with Crippen LogP contribution < -0.4 is 10.1 Å². The molecule has 1 atom stereocenters. The molecule has 2 aromatic carbocycles. The molecule has 0 radical (unpaired) electrons. The molecular weight excluding hydrogens is 463 g/mol. The Labute approximate surface area is 209 Å². The van der Waals surface area contributed by atoms with Gasteiger partial charge in [0.2, 0.25) is 5.91 Å². The van der Waals surface area contributed by atoms with Gasteiger partial charge in [-0.1, -0.05) is 50.2 Å². The summed E-state index contributed by atoms with van der Waals surface area (Å²) >= 11 is 0.825. The molecule has 3 aromatic rings. The average molecular weight is 493 g/mol. The number of amides is 1. The molecule has 182 valence electrons. The van der Waals surface area contributed by atoms with Gasteiger partial charge in [0.05, 0.1) is 22.8 Å². The number of ether oxygens (including phenoxy) is 1. The van der Waals surface area contributed by atoms with E-state index in [9.17, 15) is 9.18 Å². The van der Waals surface area contributed by atoms with Crippen LogP contribution in [-0.2, 0) is 4.79 Å². The van der Waals surface area contributed by atoms with Gasteiger partial charge in [0.15, 0.2) is 16.7 Å². The molecule has 8 heteroatoms. The molecule has 0 saturated carbocycles. The molecule has 3 N–H and O–H groups in total. The summed E-state index contributed by atoms with van der Waals surface area (Å²) in [6.07, 6.45) is 1.58. The second-order valence-electron chi connectivity index (χ2n) is 8.87. The molecule has 1 amide bonds. The van der Waals surface area contributed by atoms with Crippen molar-refractivity contribution in [3.05, 3.63) is 83.8 Å². The van der Waals surface area contributed by atoms with Gasteiger partial charge in [-0.2, -0.15) is 0 Å². The molecule has 0 aliphatic carbocycles. The van der Waals surface area contributed by atoms with Gasteiger partial charge in [-0.25, -0.2) is 4.39 Å². The smallest absolute Gasteiger partial charge is 0.232 e. The summed E-state index contributed by atoms with van der Waals surface area (Å²) in [5.74, 6) is -0.949. The van der Waals surface area contributed by atoms with E-state index < -0.39 is 11.2 Å². The van der Waals surface area contributed by atoms with E-state index in [0.29, 0.717) is 11.3 Å². The van der Waals surface area contributed by atoms with Crippen LogP contribution in [0.1, 0.15) is 44.7 Å². The molecule has 3 rings (SSSR count). The number of aromatic nitrogens is 1. The molecule has 1 unspecified atom stereocenters. The van der Waals surface area contributed by atoms with Gasteiger partial charge in [0.1, 0.15) is 0 Å². The molecule has 0 spiro atoms. The van der Waals surface area contributed by atoms with E-state index in [1.807, 2.05) is 70.2 Å². The predicted octanol–water partition coefficient (Wildman–Crippen LogP) is 6.22. The van der Waals surface area contributed by atoms with Crippen LogP contribution in [0.15, 0.2) is 66.9 Å². The third kappa shape index (κ3) is 6.33. The number of halogens is 1. The average Bonchev–Trinajstić information content (AvgIpc) is 2.81. The molecule has 0 saturated heterocycles. The maximum Gasteiger partial charge on any atom is 0.232 e. The first kappa shape index (κ1) is 26.1. The molecule has 35 heavy (non-hydrogen) atoms. The zero-order valence-electron chi connectivity index (χ0n) is 20.1. The van der Waals surface area contributed by atoms with Crippen molar-refractivity contribution < 1.29 is 13.9 Å². The topological polar surface area (TPSA) is 98.9 Å². The zero-order valence-corrected chi connectivity index (χ0v) is 20.9. The molecule has 0 aliphatic rings. The Kier molecular flexibility index (Phi) is 8.40. The highest BCUT2D eigenvalue weighted by molar-refractivity contribution is 8.24. The number of hydrogen-bond acceptors (Lipinski definition) is 6. The normalized spacial score (nSPS) is 12.2. The Morgan fingerprint density at radius 2 is 1.83 bits per heavy atom. The largest absolute Gasteiger partial charge is 0.488 e. The van der Waals surface area contributed by atoms with E-state index in [4.69, 9.17) is 15.6 Å². The Morgan fingerprint density at radius 1 is 1.11 bits per heavy atom. The Balaban J connectivity index is 1.95. The summed E-state index contributed by atoms with van der Waals surface area (Å²) in [4.78, 5) is 17.7. The van der Waals surface area contributed by atoms with Gasteiger partial charge in [-0.15, -0.1) is 0 Å². The van der Waals surface area contributed by atoms with Gasteiger partial charge in [0.25, 0.3) is 0 Å². The summed E-state index contributed by atoms with van der Waals surface area (Å²) in [6, 6.07) is 18.1. The van der Waals surface area contributed by atoms with Crippen LogP contribution in [0.5, 0.6) is 5.75 Å². The minimum absolute atomic E-state index is 0.106. The minimum atomic E-state index is -0.943. The number of rotatable bonds is 8. The number of carbonyl (C=O) groups is 1. The van der Waals surface area contributed by atoms with Gasteiger partial charge < -0.3 is 15.5 Å². The Hall–Kier alpha value is -3.52. The number of thioether (sulfide) groups is 1. The highest BCUT2D eigenvalue weighted by atomic mass is 32.2. The lowest BCUT2D eigenvalue weighted by atomic mass is 9.71. The summed E-state index contributed by atoms with van der Waals surface area (Å²) in [6.45, 7) is 7.32. The minimum Gasteiger partial charge on any atom is -0.488 e. The van der Waals surface area contributed by atoms with Crippen LogP contribution in [0.3, 0.4) is 0 Å². The number of nitrogens with one attached hydrogen (secondary N) is 3. The Bertz CT molecular complexity index is 1200. The van der Waals surface area contributed by atoms with Crippen LogP contribution in [-0.4, -0.2) is 27.7 Å². The third-order valence-corrected chi connectivity index (χ3v) is 6.01. The first-order valence-corrected chi connectivity index (χ1v) is 12.0. The van der Waals surface area contributed by atoms with E-state index in [0.717, 1.165) is 28.4 Å². The third-order valence-electron chi connectivity index (χ3n) is 5.55. The van der Waals surface area contributed by atoms with Crippen LogP contribution >= 0.6 is 11.8 Å². The van der Waals surface area contributed by atoms with Crippen molar-refractivity contribution in [3.8, 4) is 17.0 Å². The number of amidine groups is 1. The van der Waals surface area contributed by atoms with Crippen molar-refractivity contribution in [2.45, 2.75) is 39.7 Å². The summed E-state index contributed by atoms with van der Waals surface area (Å²) in [7, 11) is 0. The highest BCUT2D eigenvalue weighted by Gasteiger charge is 2.39. The maximum atomic E-state index is 14.5. The van der Waals surface area contributed by atoms with E-state index >= 15 is 0 Å². The summed E-state index contributed by atoms with van der Waals surface area (Å²) in [5, 5.41) is 17.5. The second-order valence-corrected chi connectivity index (χ2v) is 9.75. The number of benzene rings is 2. The van der Waals surface area contributed by atoms with E-state index in [-0.39, 0.29) is 28.8 Å². The lowest BCUT2D eigenvalue weighted by Crippen LogP contribution is -2.43. The fourth-order valence-electron chi connectivity index (χ4n) is 3.91. The molecule has 1 aromatic heterocycles. The number of carbonyl (C=O) groups excluding carboxylic acids is 1. The van der Waals surface area contributed by atoms with Gasteiger partial charge in [-0.3, -0.25) is 15.2 Å². The number of nitrogens with zero attached hydrogens (tertiary/aromatic N) is 1. The molecule has 0 aliphatic heterocycles. The number of pyridine rings is 1. The zero-order chi connectivity index (χ0) is 25.6. The molecule has 6 nitrogen and oxygen atoms in total. The van der Waals surface area contributed by atoms with Crippen molar-refractivity contribution >= 4 is 28.4 Å². The van der Waals surface area contributed by atoms with Crippen molar-refractivity contribution in [2.24, 2.45) is 5.41 Å². The quantitative estimate of drug-likeness (QED) is 0.257. The van der Waals surface area contributed by atoms with Crippen LogP contribution in [0.4, 0.5) is 4.39 Å². The van der Waals surface area contributed by atoms with Crippen molar-refractivity contribution in [2.75, 3.05) is 0 Å². The van der Waals surface area contributed by atoms with E-state index in [1.54, 1.807) is 18.3 Å². The van der Waals surface area contributed by atoms with Crippen LogP contribution in [0, 0.1) is 22.1 Å². The van der Waals surface area contributed by atoms with Crippen LogP contribution in [0.25, 0.3) is 11.3 Å². The predicted molar refractivity (Wildman–Crippen MR) is 140 cm³/mol. The highest BCUT2D eigenvalue weighted by Crippen LogP contribution is 2.41. The first-order valence-electron chi connectivity index (χ1n) is 11.2. The van der Waals surface area contributed by atoms with Crippen molar-refractivity contribution in [3.63, 3.8) is 0 Å².